The molecule has 1 aliphatic rings. The van der Waals surface area contributed by atoms with Crippen LogP contribution in [0.25, 0.3) is 0 Å². The average Bonchev–Trinajstić information content (AvgIpc) is 2.54. The standard InChI is InChI=1S/C14H19N3O3S/c1-20-14(19)16-12-4-2-11(3-5-12)10-15-13(18)17-6-8-21-9-7-17/h2-5H,6-10H2,1H3,(H,15,18)(H,16,19). The SMILES string of the molecule is COC(=O)Nc1ccc(CNC(=O)N2CCSCC2)cc1. The molecular weight excluding hydrogens is 290 g/mol. The molecule has 1 aromatic carbocycles. The molecule has 2 N–H and O–H groups in total. The van der Waals surface area contributed by atoms with Gasteiger partial charge in [-0.1, -0.05) is 12.1 Å². The lowest BCUT2D eigenvalue weighted by Crippen LogP contribution is -2.44. The van der Waals surface area contributed by atoms with Crippen molar-refractivity contribution in [2.75, 3.05) is 37.0 Å². The monoisotopic (exact) mass is 309 g/mol. The van der Waals surface area contributed by atoms with Crippen LogP contribution < -0.4 is 10.6 Å². The molecule has 0 unspecified atom stereocenters. The molecule has 0 aromatic heterocycles. The van der Waals surface area contributed by atoms with Crippen LogP contribution in [0.2, 0.25) is 0 Å². The van der Waals surface area contributed by atoms with E-state index in [1.54, 1.807) is 12.1 Å². The maximum atomic E-state index is 12.0. The summed E-state index contributed by atoms with van der Waals surface area (Å²) in [5, 5.41) is 5.48. The first kappa shape index (κ1) is 15.5. The molecule has 0 saturated carbocycles. The first-order valence-corrected chi connectivity index (χ1v) is 7.89. The molecule has 1 aliphatic heterocycles. The van der Waals surface area contributed by atoms with Crippen molar-refractivity contribution in [3.63, 3.8) is 0 Å². The molecule has 2 rings (SSSR count). The Kier molecular flexibility index (Phi) is 5.74. The predicted octanol–water partition coefficient (Wildman–Crippen LogP) is 2.12. The molecular formula is C14H19N3O3S. The molecule has 0 spiro atoms. The fourth-order valence-corrected chi connectivity index (χ4v) is 2.83. The minimum Gasteiger partial charge on any atom is -0.453 e. The van der Waals surface area contributed by atoms with E-state index in [9.17, 15) is 9.59 Å². The van der Waals surface area contributed by atoms with Crippen molar-refractivity contribution < 1.29 is 14.3 Å². The van der Waals surface area contributed by atoms with Crippen LogP contribution in [0.5, 0.6) is 0 Å². The smallest absolute Gasteiger partial charge is 0.411 e. The minimum atomic E-state index is -0.501. The van der Waals surface area contributed by atoms with Crippen molar-refractivity contribution in [3.8, 4) is 0 Å². The predicted molar refractivity (Wildman–Crippen MR) is 83.6 cm³/mol. The molecule has 3 amide bonds. The second-order valence-corrected chi connectivity index (χ2v) is 5.80. The molecule has 7 heteroatoms. The highest BCUT2D eigenvalue weighted by Crippen LogP contribution is 2.11. The van der Waals surface area contributed by atoms with E-state index in [2.05, 4.69) is 15.4 Å². The Morgan fingerprint density at radius 2 is 1.90 bits per heavy atom. The highest BCUT2D eigenvalue weighted by atomic mass is 32.2. The molecule has 1 aromatic rings. The topological polar surface area (TPSA) is 70.7 Å². The van der Waals surface area contributed by atoms with E-state index in [0.717, 1.165) is 30.2 Å². The number of rotatable bonds is 3. The number of amides is 3. The van der Waals surface area contributed by atoms with E-state index in [-0.39, 0.29) is 6.03 Å². The van der Waals surface area contributed by atoms with Crippen molar-refractivity contribution in [1.82, 2.24) is 10.2 Å². The quantitative estimate of drug-likeness (QED) is 0.897. The summed E-state index contributed by atoms with van der Waals surface area (Å²) in [6.07, 6.45) is -0.501. The molecule has 0 radical (unpaired) electrons. The van der Waals surface area contributed by atoms with Gasteiger partial charge in [-0.2, -0.15) is 11.8 Å². The number of urea groups is 1. The number of ether oxygens (including phenoxy) is 1. The second-order valence-electron chi connectivity index (χ2n) is 4.57. The summed E-state index contributed by atoms with van der Waals surface area (Å²) in [6, 6.07) is 7.24. The minimum absolute atomic E-state index is 0.0212. The Hall–Kier alpha value is -1.89. The summed E-state index contributed by atoms with van der Waals surface area (Å²) < 4.78 is 4.52. The molecule has 1 heterocycles. The lowest BCUT2D eigenvalue weighted by molar-refractivity contribution is 0.187. The van der Waals surface area contributed by atoms with Crippen molar-refractivity contribution >= 4 is 29.6 Å². The van der Waals surface area contributed by atoms with Gasteiger partial charge in [-0.25, -0.2) is 9.59 Å². The summed E-state index contributed by atoms with van der Waals surface area (Å²) in [5.74, 6) is 2.00. The summed E-state index contributed by atoms with van der Waals surface area (Å²) >= 11 is 1.87. The third-order valence-electron chi connectivity index (χ3n) is 3.13. The van der Waals surface area contributed by atoms with Gasteiger partial charge in [0.05, 0.1) is 7.11 Å². The fraction of sp³-hybridized carbons (Fsp3) is 0.429. The molecule has 1 fully saturated rings. The van der Waals surface area contributed by atoms with E-state index in [4.69, 9.17) is 0 Å². The van der Waals surface area contributed by atoms with Crippen molar-refractivity contribution in [1.29, 1.82) is 0 Å². The van der Waals surface area contributed by atoms with Gasteiger partial charge < -0.3 is 15.0 Å². The number of anilines is 1. The van der Waals surface area contributed by atoms with Crippen molar-refractivity contribution in [2.24, 2.45) is 0 Å². The number of methoxy groups -OCH3 is 1. The Morgan fingerprint density at radius 1 is 1.24 bits per heavy atom. The van der Waals surface area contributed by atoms with Gasteiger partial charge in [-0.3, -0.25) is 5.32 Å². The van der Waals surface area contributed by atoms with Crippen LogP contribution in [-0.4, -0.2) is 48.7 Å². The zero-order valence-corrected chi connectivity index (χ0v) is 12.7. The van der Waals surface area contributed by atoms with Crippen LogP contribution in [0.3, 0.4) is 0 Å². The Bertz CT molecular complexity index is 487. The lowest BCUT2D eigenvalue weighted by atomic mass is 10.2. The van der Waals surface area contributed by atoms with Crippen LogP contribution in [0.4, 0.5) is 15.3 Å². The summed E-state index contributed by atoms with van der Waals surface area (Å²) in [5.41, 5.74) is 1.63. The second kappa shape index (κ2) is 7.78. The van der Waals surface area contributed by atoms with Crippen LogP contribution in [0, 0.1) is 0 Å². The number of nitrogens with one attached hydrogen (secondary N) is 2. The third-order valence-corrected chi connectivity index (χ3v) is 4.07. The van der Waals surface area contributed by atoms with E-state index >= 15 is 0 Å². The molecule has 0 bridgehead atoms. The molecule has 1 saturated heterocycles. The Labute approximate surface area is 128 Å². The number of nitrogens with zero attached hydrogens (tertiary/aromatic N) is 1. The summed E-state index contributed by atoms with van der Waals surface area (Å²) in [4.78, 5) is 24.9. The zero-order chi connectivity index (χ0) is 15.1. The molecule has 0 atom stereocenters. The summed E-state index contributed by atoms with van der Waals surface area (Å²) in [6.45, 7) is 2.08. The van der Waals surface area contributed by atoms with Gasteiger partial charge in [-0.05, 0) is 17.7 Å². The van der Waals surface area contributed by atoms with Crippen LogP contribution in [0.15, 0.2) is 24.3 Å². The van der Waals surface area contributed by atoms with Crippen LogP contribution >= 0.6 is 11.8 Å². The van der Waals surface area contributed by atoms with Crippen LogP contribution in [0.1, 0.15) is 5.56 Å². The Balaban J connectivity index is 1.80. The fourth-order valence-electron chi connectivity index (χ4n) is 1.93. The van der Waals surface area contributed by atoms with Crippen molar-refractivity contribution in [3.05, 3.63) is 29.8 Å². The lowest BCUT2D eigenvalue weighted by Gasteiger charge is -2.26. The normalized spacial score (nSPS) is 14.4. The molecule has 21 heavy (non-hydrogen) atoms. The van der Waals surface area contributed by atoms with Gasteiger partial charge in [0, 0.05) is 36.8 Å². The van der Waals surface area contributed by atoms with Gasteiger partial charge in [-0.15, -0.1) is 0 Å². The van der Waals surface area contributed by atoms with Gasteiger partial charge in [0.2, 0.25) is 0 Å². The van der Waals surface area contributed by atoms with Gasteiger partial charge in [0.15, 0.2) is 0 Å². The molecule has 6 nitrogen and oxygen atoms in total. The number of hydrogen-bond acceptors (Lipinski definition) is 4. The zero-order valence-electron chi connectivity index (χ0n) is 11.9. The van der Waals surface area contributed by atoms with Gasteiger partial charge >= 0.3 is 12.1 Å². The van der Waals surface area contributed by atoms with Gasteiger partial charge in [0.25, 0.3) is 0 Å². The maximum absolute atomic E-state index is 12.0. The van der Waals surface area contributed by atoms with E-state index in [1.165, 1.54) is 7.11 Å². The van der Waals surface area contributed by atoms with Gasteiger partial charge in [0.1, 0.15) is 0 Å². The van der Waals surface area contributed by atoms with Crippen molar-refractivity contribution in [2.45, 2.75) is 6.54 Å². The highest BCUT2D eigenvalue weighted by Gasteiger charge is 2.15. The van der Waals surface area contributed by atoms with E-state index in [0.29, 0.717) is 12.2 Å². The third kappa shape index (κ3) is 4.86. The Morgan fingerprint density at radius 3 is 2.52 bits per heavy atom. The number of benzene rings is 1. The number of carbonyl (C=O) groups excluding carboxylic acids is 2. The maximum Gasteiger partial charge on any atom is 0.411 e. The number of hydrogen-bond donors (Lipinski definition) is 2. The highest BCUT2D eigenvalue weighted by molar-refractivity contribution is 7.99. The first-order chi connectivity index (χ1) is 10.2. The van der Waals surface area contributed by atoms with Crippen LogP contribution in [-0.2, 0) is 11.3 Å². The summed E-state index contributed by atoms with van der Waals surface area (Å²) in [7, 11) is 1.32. The largest absolute Gasteiger partial charge is 0.453 e. The average molecular weight is 309 g/mol. The van der Waals surface area contributed by atoms with E-state index < -0.39 is 6.09 Å². The number of thioether (sulfide) groups is 1. The molecule has 0 aliphatic carbocycles. The number of carbonyl (C=O) groups is 2. The van der Waals surface area contributed by atoms with E-state index in [1.807, 2.05) is 28.8 Å². The molecule has 114 valence electrons. The first-order valence-electron chi connectivity index (χ1n) is 6.73.